The highest BCUT2D eigenvalue weighted by Gasteiger charge is 2.24. The third-order valence-corrected chi connectivity index (χ3v) is 5.04. The molecule has 0 bridgehead atoms. The van der Waals surface area contributed by atoms with Crippen molar-refractivity contribution >= 4 is 28.5 Å². The molecule has 3 rings (SSSR count). The summed E-state index contributed by atoms with van der Waals surface area (Å²) in [5.41, 5.74) is 0.981. The van der Waals surface area contributed by atoms with E-state index in [1.165, 1.54) is 0 Å². The van der Waals surface area contributed by atoms with Crippen molar-refractivity contribution < 1.29 is 28.6 Å². The van der Waals surface area contributed by atoms with Crippen LogP contribution in [-0.4, -0.2) is 79.4 Å². The van der Waals surface area contributed by atoms with Crippen LogP contribution in [0, 0.1) is 0 Å². The summed E-state index contributed by atoms with van der Waals surface area (Å²) in [6.45, 7) is 6.81. The summed E-state index contributed by atoms with van der Waals surface area (Å²) < 4.78 is 17.8. The number of fused-ring (bicyclic) bond motifs is 1. The van der Waals surface area contributed by atoms with Gasteiger partial charge in [0.15, 0.2) is 6.29 Å². The zero-order chi connectivity index (χ0) is 22.2. The minimum Gasteiger partial charge on any atom is -0.378 e. The first-order chi connectivity index (χ1) is 15.0. The van der Waals surface area contributed by atoms with Crippen molar-refractivity contribution in [2.45, 2.75) is 26.7 Å². The van der Waals surface area contributed by atoms with E-state index >= 15 is 0 Å². The van der Waals surface area contributed by atoms with E-state index in [1.807, 2.05) is 26.0 Å². The van der Waals surface area contributed by atoms with Crippen molar-refractivity contribution in [3.63, 3.8) is 0 Å². The summed E-state index contributed by atoms with van der Waals surface area (Å²) in [5.74, 6) is -1.46. The van der Waals surface area contributed by atoms with Gasteiger partial charge >= 0.3 is 0 Å². The molecule has 0 spiro atoms. The number of rotatable bonds is 10. The van der Waals surface area contributed by atoms with Gasteiger partial charge in [-0.3, -0.25) is 14.4 Å². The minimum atomic E-state index is -0.744. The van der Waals surface area contributed by atoms with Crippen LogP contribution in [0.15, 0.2) is 30.5 Å². The number of nitrogens with zero attached hydrogens (tertiary/aromatic N) is 2. The maximum absolute atomic E-state index is 12.9. The van der Waals surface area contributed by atoms with Crippen molar-refractivity contribution in [1.29, 1.82) is 0 Å². The second kappa shape index (κ2) is 11.0. The average molecular weight is 431 g/mol. The van der Waals surface area contributed by atoms with Crippen LogP contribution in [0.3, 0.4) is 0 Å². The summed E-state index contributed by atoms with van der Waals surface area (Å²) in [4.78, 5) is 39.8. The van der Waals surface area contributed by atoms with Crippen molar-refractivity contribution in [1.82, 2.24) is 14.8 Å². The molecule has 1 saturated heterocycles. The van der Waals surface area contributed by atoms with Gasteiger partial charge in [0, 0.05) is 43.4 Å². The fourth-order valence-electron chi connectivity index (χ4n) is 3.53. The van der Waals surface area contributed by atoms with Crippen LogP contribution >= 0.6 is 0 Å². The number of hydrogen-bond donors (Lipinski definition) is 1. The molecule has 1 N–H and O–H groups in total. The van der Waals surface area contributed by atoms with E-state index in [2.05, 4.69) is 5.32 Å². The van der Waals surface area contributed by atoms with Gasteiger partial charge in [0.1, 0.15) is 6.54 Å². The highest BCUT2D eigenvalue weighted by Crippen LogP contribution is 2.22. The predicted octanol–water partition coefficient (Wildman–Crippen LogP) is 1.20. The maximum atomic E-state index is 12.9. The lowest BCUT2D eigenvalue weighted by Crippen LogP contribution is -2.42. The van der Waals surface area contributed by atoms with E-state index in [1.54, 1.807) is 27.8 Å². The Morgan fingerprint density at radius 2 is 1.77 bits per heavy atom. The Kier molecular flexibility index (Phi) is 8.16. The predicted molar refractivity (Wildman–Crippen MR) is 114 cm³/mol. The second-order valence-corrected chi connectivity index (χ2v) is 7.06. The zero-order valence-corrected chi connectivity index (χ0v) is 18.0. The van der Waals surface area contributed by atoms with Crippen LogP contribution in [0.1, 0.15) is 24.2 Å². The number of ether oxygens (including phenoxy) is 3. The molecule has 2 aromatic rings. The number of carbonyl (C=O) groups excluding carboxylic acids is 3. The third kappa shape index (κ3) is 5.69. The van der Waals surface area contributed by atoms with Gasteiger partial charge in [-0.2, -0.15) is 0 Å². The molecule has 0 aliphatic carbocycles. The number of para-hydroxylation sites is 1. The summed E-state index contributed by atoms with van der Waals surface area (Å²) in [6.07, 6.45) is 0.965. The third-order valence-electron chi connectivity index (χ3n) is 5.04. The second-order valence-electron chi connectivity index (χ2n) is 7.06. The highest BCUT2D eigenvalue weighted by molar-refractivity contribution is 6.45. The minimum absolute atomic E-state index is 0.0521. The van der Waals surface area contributed by atoms with Gasteiger partial charge in [0.05, 0.1) is 25.3 Å². The van der Waals surface area contributed by atoms with Gasteiger partial charge < -0.3 is 29.0 Å². The average Bonchev–Trinajstić information content (AvgIpc) is 3.16. The molecular weight excluding hydrogens is 402 g/mol. The number of amides is 2. The Morgan fingerprint density at radius 1 is 1.10 bits per heavy atom. The normalized spacial score (nSPS) is 14.2. The van der Waals surface area contributed by atoms with Crippen molar-refractivity contribution in [3.05, 3.63) is 36.0 Å². The maximum Gasteiger partial charge on any atom is 0.292 e. The molecule has 168 valence electrons. The van der Waals surface area contributed by atoms with Crippen molar-refractivity contribution in [2.75, 3.05) is 46.1 Å². The Hall–Kier alpha value is -2.75. The number of aromatic nitrogens is 1. The van der Waals surface area contributed by atoms with Crippen LogP contribution < -0.4 is 5.32 Å². The van der Waals surface area contributed by atoms with E-state index in [0.29, 0.717) is 44.9 Å². The van der Waals surface area contributed by atoms with Crippen LogP contribution in [0.25, 0.3) is 10.9 Å². The number of Topliss-reactive ketones (excluding diaryl/α,β-unsaturated/α-hetero) is 1. The molecule has 9 nitrogen and oxygen atoms in total. The highest BCUT2D eigenvalue weighted by atomic mass is 16.7. The van der Waals surface area contributed by atoms with Crippen LogP contribution in [-0.2, 0) is 30.3 Å². The lowest BCUT2D eigenvalue weighted by molar-refractivity contribution is -0.138. The number of hydrogen-bond acceptors (Lipinski definition) is 6. The van der Waals surface area contributed by atoms with Gasteiger partial charge in [-0.15, -0.1) is 0 Å². The lowest BCUT2D eigenvalue weighted by atomic mass is 10.1. The molecule has 0 radical (unpaired) electrons. The molecule has 0 saturated carbocycles. The van der Waals surface area contributed by atoms with Gasteiger partial charge in [0.25, 0.3) is 11.7 Å². The first kappa shape index (κ1) is 22.9. The van der Waals surface area contributed by atoms with E-state index in [0.717, 1.165) is 5.52 Å². The molecule has 1 aromatic heterocycles. The molecule has 1 aliphatic rings. The standard InChI is InChI=1S/C22H29N3O6/c1-3-30-20(31-4-2)13-23-22(28)21(27)17-14-25(18-8-6-5-7-16(17)18)15-19(26)24-9-11-29-12-10-24/h5-8,14,20H,3-4,9-13,15H2,1-2H3,(H,23,28). The summed E-state index contributed by atoms with van der Waals surface area (Å²) in [7, 11) is 0. The first-order valence-corrected chi connectivity index (χ1v) is 10.5. The Bertz CT molecular complexity index is 913. The van der Waals surface area contributed by atoms with Crippen molar-refractivity contribution in [3.8, 4) is 0 Å². The molecule has 0 unspecified atom stereocenters. The molecule has 31 heavy (non-hydrogen) atoms. The smallest absolute Gasteiger partial charge is 0.292 e. The van der Waals surface area contributed by atoms with Gasteiger partial charge in [0.2, 0.25) is 5.91 Å². The number of nitrogens with one attached hydrogen (secondary N) is 1. The molecule has 2 amide bonds. The number of benzene rings is 1. The molecule has 2 heterocycles. The topological polar surface area (TPSA) is 99.1 Å². The molecule has 1 fully saturated rings. The van der Waals surface area contributed by atoms with E-state index in [9.17, 15) is 14.4 Å². The summed E-state index contributed by atoms with van der Waals surface area (Å²) in [5, 5.41) is 3.21. The van der Waals surface area contributed by atoms with Crippen LogP contribution in [0.2, 0.25) is 0 Å². The van der Waals surface area contributed by atoms with E-state index in [-0.39, 0.29) is 24.6 Å². The summed E-state index contributed by atoms with van der Waals surface area (Å²) in [6, 6.07) is 7.23. The zero-order valence-electron chi connectivity index (χ0n) is 18.0. The number of ketones is 1. The Labute approximate surface area is 181 Å². The Balaban J connectivity index is 1.74. The van der Waals surface area contributed by atoms with E-state index < -0.39 is 18.0 Å². The molecule has 1 aromatic carbocycles. The first-order valence-electron chi connectivity index (χ1n) is 10.5. The summed E-state index contributed by atoms with van der Waals surface area (Å²) >= 11 is 0. The van der Waals surface area contributed by atoms with Gasteiger partial charge in [-0.1, -0.05) is 18.2 Å². The van der Waals surface area contributed by atoms with E-state index in [4.69, 9.17) is 14.2 Å². The molecular formula is C22H29N3O6. The number of morpholine rings is 1. The molecule has 1 aliphatic heterocycles. The number of carbonyl (C=O) groups is 3. The monoisotopic (exact) mass is 431 g/mol. The molecule has 9 heteroatoms. The van der Waals surface area contributed by atoms with Crippen LogP contribution in [0.4, 0.5) is 0 Å². The van der Waals surface area contributed by atoms with Gasteiger partial charge in [-0.05, 0) is 19.9 Å². The molecule has 0 atom stereocenters. The fourth-order valence-corrected chi connectivity index (χ4v) is 3.53. The Morgan fingerprint density at radius 3 is 2.45 bits per heavy atom. The lowest BCUT2D eigenvalue weighted by Gasteiger charge is -2.27. The SMILES string of the molecule is CCOC(CNC(=O)C(=O)c1cn(CC(=O)N2CCOCC2)c2ccccc12)OCC. The van der Waals surface area contributed by atoms with Crippen molar-refractivity contribution in [2.24, 2.45) is 0 Å². The largest absolute Gasteiger partial charge is 0.378 e. The van der Waals surface area contributed by atoms with Crippen LogP contribution in [0.5, 0.6) is 0 Å². The fraction of sp³-hybridized carbons (Fsp3) is 0.500. The quantitative estimate of drug-likeness (QED) is 0.345. The van der Waals surface area contributed by atoms with Gasteiger partial charge in [-0.25, -0.2) is 0 Å².